The second-order valence-corrected chi connectivity index (χ2v) is 7.73. The third kappa shape index (κ3) is 2.82. The molecule has 0 aromatic carbocycles. The topological polar surface area (TPSA) is 26.0 Å². The molecule has 1 nitrogen and oxygen atoms in total. The van der Waals surface area contributed by atoms with E-state index >= 15 is 0 Å². The van der Waals surface area contributed by atoms with Crippen LogP contribution in [-0.4, -0.2) is 5.75 Å². The number of thioether (sulfide) groups is 1. The van der Waals surface area contributed by atoms with E-state index in [4.69, 9.17) is 5.73 Å². The summed E-state index contributed by atoms with van der Waals surface area (Å²) >= 11 is 5.75. The quantitative estimate of drug-likeness (QED) is 0.913. The number of fused-ring (bicyclic) bond motifs is 1. The molecule has 0 saturated heterocycles. The van der Waals surface area contributed by atoms with Crippen molar-refractivity contribution in [3.05, 3.63) is 43.8 Å². The van der Waals surface area contributed by atoms with Gasteiger partial charge >= 0.3 is 0 Å². The minimum atomic E-state index is 0.213. The highest BCUT2D eigenvalue weighted by molar-refractivity contribution is 7.98. The van der Waals surface area contributed by atoms with Crippen molar-refractivity contribution in [1.29, 1.82) is 0 Å². The molecule has 0 fully saturated rings. The third-order valence-corrected chi connectivity index (χ3v) is 6.45. The van der Waals surface area contributed by atoms with Crippen LogP contribution in [-0.2, 0) is 18.6 Å². The van der Waals surface area contributed by atoms with Gasteiger partial charge in [0, 0.05) is 21.5 Å². The van der Waals surface area contributed by atoms with Crippen LogP contribution in [0.2, 0.25) is 0 Å². The first kappa shape index (κ1) is 12.7. The normalized spacial score (nSPS) is 16.5. The minimum absolute atomic E-state index is 0.213. The van der Waals surface area contributed by atoms with Gasteiger partial charge in [-0.2, -0.15) is 23.1 Å². The predicted molar refractivity (Wildman–Crippen MR) is 83.8 cm³/mol. The molecular formula is C14H17NS3. The lowest BCUT2D eigenvalue weighted by atomic mass is 10.1. The molecule has 0 bridgehead atoms. The van der Waals surface area contributed by atoms with E-state index in [2.05, 4.69) is 22.9 Å². The van der Waals surface area contributed by atoms with Crippen LogP contribution in [0.1, 0.15) is 33.3 Å². The van der Waals surface area contributed by atoms with Crippen molar-refractivity contribution in [2.45, 2.75) is 31.1 Å². The maximum atomic E-state index is 6.33. The highest BCUT2D eigenvalue weighted by Crippen LogP contribution is 2.34. The summed E-state index contributed by atoms with van der Waals surface area (Å²) in [6.07, 6.45) is 3.40. The molecule has 1 unspecified atom stereocenters. The minimum Gasteiger partial charge on any atom is -0.323 e. The van der Waals surface area contributed by atoms with E-state index in [1.807, 2.05) is 23.1 Å². The largest absolute Gasteiger partial charge is 0.323 e. The number of hydrogen-bond acceptors (Lipinski definition) is 4. The number of nitrogens with two attached hydrogens (primary N) is 1. The van der Waals surface area contributed by atoms with Crippen molar-refractivity contribution in [3.63, 3.8) is 0 Å². The number of rotatable bonds is 4. The van der Waals surface area contributed by atoms with Gasteiger partial charge in [0.05, 0.1) is 0 Å². The molecular weight excluding hydrogens is 278 g/mol. The zero-order chi connectivity index (χ0) is 12.4. The first-order valence-electron chi connectivity index (χ1n) is 6.29. The van der Waals surface area contributed by atoms with E-state index < -0.39 is 0 Å². The average molecular weight is 295 g/mol. The van der Waals surface area contributed by atoms with Crippen LogP contribution in [0, 0.1) is 0 Å². The fourth-order valence-corrected chi connectivity index (χ4v) is 5.37. The molecule has 0 aliphatic carbocycles. The van der Waals surface area contributed by atoms with Crippen molar-refractivity contribution in [2.24, 2.45) is 5.73 Å². The first-order valence-corrected chi connectivity index (χ1v) is 9.20. The number of hydrogen-bond donors (Lipinski definition) is 1. The van der Waals surface area contributed by atoms with E-state index in [-0.39, 0.29) is 6.04 Å². The second-order valence-electron chi connectivity index (χ2n) is 4.68. The Balaban J connectivity index is 1.64. The molecule has 3 heterocycles. The summed E-state index contributed by atoms with van der Waals surface area (Å²) in [5.41, 5.74) is 9.29. The molecule has 0 saturated carbocycles. The Labute approximate surface area is 120 Å². The van der Waals surface area contributed by atoms with E-state index in [0.29, 0.717) is 0 Å². The van der Waals surface area contributed by atoms with Gasteiger partial charge in [0.2, 0.25) is 0 Å². The molecule has 2 N–H and O–H groups in total. The SMILES string of the molecule is NC(CCc1ccsc1)c1cc2c(s1)CCSC2. The molecule has 18 heavy (non-hydrogen) atoms. The van der Waals surface area contributed by atoms with Crippen molar-refractivity contribution in [1.82, 2.24) is 0 Å². The number of thiophene rings is 2. The van der Waals surface area contributed by atoms with Gasteiger partial charge in [-0.3, -0.25) is 0 Å². The smallest absolute Gasteiger partial charge is 0.0393 e. The Morgan fingerprint density at radius 1 is 1.39 bits per heavy atom. The summed E-state index contributed by atoms with van der Waals surface area (Å²) in [4.78, 5) is 2.97. The summed E-state index contributed by atoms with van der Waals surface area (Å²) in [6.45, 7) is 0. The molecule has 1 aliphatic heterocycles. The molecule has 0 spiro atoms. The Morgan fingerprint density at radius 3 is 3.11 bits per heavy atom. The molecule has 2 aromatic rings. The number of aryl methyl sites for hydroxylation is 2. The second kappa shape index (κ2) is 5.78. The van der Waals surface area contributed by atoms with Crippen LogP contribution < -0.4 is 5.73 Å². The van der Waals surface area contributed by atoms with E-state index in [0.717, 1.165) is 12.8 Å². The first-order chi connectivity index (χ1) is 8.83. The Hall–Kier alpha value is -0.290. The maximum absolute atomic E-state index is 6.33. The molecule has 0 amide bonds. The fourth-order valence-electron chi connectivity index (χ4n) is 2.25. The molecule has 4 heteroatoms. The van der Waals surface area contributed by atoms with Gasteiger partial charge in [-0.05, 0) is 59.0 Å². The molecule has 1 atom stereocenters. The Bertz CT molecular complexity index is 478. The standard InChI is InChI=1S/C14H17NS3/c15-12(2-1-10-3-5-16-8-10)14-7-11-9-17-6-4-13(11)18-14/h3,5,7-8,12H,1-2,4,6,9,15H2. The Morgan fingerprint density at radius 2 is 2.33 bits per heavy atom. The van der Waals surface area contributed by atoms with Gasteiger partial charge in [0.25, 0.3) is 0 Å². The Kier molecular flexibility index (Phi) is 4.09. The molecule has 0 radical (unpaired) electrons. The van der Waals surface area contributed by atoms with E-state index in [9.17, 15) is 0 Å². The van der Waals surface area contributed by atoms with Crippen molar-refractivity contribution >= 4 is 34.4 Å². The van der Waals surface area contributed by atoms with Crippen LogP contribution in [0.15, 0.2) is 22.9 Å². The predicted octanol–water partition coefficient (Wildman–Crippen LogP) is 4.23. The fraction of sp³-hybridized carbons (Fsp3) is 0.429. The average Bonchev–Trinajstić information content (AvgIpc) is 3.04. The lowest BCUT2D eigenvalue weighted by Crippen LogP contribution is -2.09. The molecule has 96 valence electrons. The van der Waals surface area contributed by atoms with Crippen LogP contribution in [0.5, 0.6) is 0 Å². The zero-order valence-electron chi connectivity index (χ0n) is 10.2. The van der Waals surface area contributed by atoms with Gasteiger partial charge in [-0.15, -0.1) is 11.3 Å². The van der Waals surface area contributed by atoms with Crippen LogP contribution in [0.3, 0.4) is 0 Å². The highest BCUT2D eigenvalue weighted by Gasteiger charge is 2.17. The summed E-state index contributed by atoms with van der Waals surface area (Å²) in [6, 6.07) is 4.77. The van der Waals surface area contributed by atoms with Gasteiger partial charge in [0.15, 0.2) is 0 Å². The lowest BCUT2D eigenvalue weighted by molar-refractivity contribution is 0.662. The van der Waals surface area contributed by atoms with Gasteiger partial charge in [-0.25, -0.2) is 0 Å². The third-order valence-electron chi connectivity index (χ3n) is 3.34. The summed E-state index contributed by atoms with van der Waals surface area (Å²) in [5, 5.41) is 4.37. The lowest BCUT2D eigenvalue weighted by Gasteiger charge is -2.08. The molecule has 1 aliphatic rings. The van der Waals surface area contributed by atoms with E-state index in [1.165, 1.54) is 33.9 Å². The van der Waals surface area contributed by atoms with Crippen molar-refractivity contribution in [3.8, 4) is 0 Å². The van der Waals surface area contributed by atoms with Crippen LogP contribution in [0.25, 0.3) is 0 Å². The van der Waals surface area contributed by atoms with Gasteiger partial charge < -0.3 is 5.73 Å². The van der Waals surface area contributed by atoms with Crippen LogP contribution >= 0.6 is 34.4 Å². The monoisotopic (exact) mass is 295 g/mol. The maximum Gasteiger partial charge on any atom is 0.0393 e. The van der Waals surface area contributed by atoms with Crippen molar-refractivity contribution in [2.75, 3.05) is 5.75 Å². The highest BCUT2D eigenvalue weighted by atomic mass is 32.2. The van der Waals surface area contributed by atoms with Gasteiger partial charge in [-0.1, -0.05) is 0 Å². The zero-order valence-corrected chi connectivity index (χ0v) is 12.7. The van der Waals surface area contributed by atoms with Crippen LogP contribution in [0.4, 0.5) is 0 Å². The molecule has 2 aromatic heterocycles. The van der Waals surface area contributed by atoms with Gasteiger partial charge in [0.1, 0.15) is 0 Å². The summed E-state index contributed by atoms with van der Waals surface area (Å²) in [7, 11) is 0. The summed E-state index contributed by atoms with van der Waals surface area (Å²) in [5.74, 6) is 2.46. The van der Waals surface area contributed by atoms with E-state index in [1.54, 1.807) is 16.2 Å². The summed E-state index contributed by atoms with van der Waals surface area (Å²) < 4.78 is 0. The molecule has 3 rings (SSSR count). The van der Waals surface area contributed by atoms with Crippen molar-refractivity contribution < 1.29 is 0 Å².